The number of H-pyrrole nitrogens is 1. The van der Waals surface area contributed by atoms with Gasteiger partial charge in [0.1, 0.15) is 5.75 Å². The molecule has 1 amide bonds. The van der Waals surface area contributed by atoms with Crippen LogP contribution in [0.2, 0.25) is 0 Å². The Morgan fingerprint density at radius 3 is 2.61 bits per heavy atom. The van der Waals surface area contributed by atoms with E-state index in [-0.39, 0.29) is 11.5 Å². The maximum absolute atomic E-state index is 12.7. The van der Waals surface area contributed by atoms with Crippen LogP contribution in [0.15, 0.2) is 35.1 Å². The van der Waals surface area contributed by atoms with Gasteiger partial charge in [-0.05, 0) is 50.5 Å². The summed E-state index contributed by atoms with van der Waals surface area (Å²) in [6.45, 7) is 3.41. The zero-order valence-corrected chi connectivity index (χ0v) is 16.9. The highest BCUT2D eigenvalue weighted by Gasteiger charge is 2.22. The van der Waals surface area contributed by atoms with Crippen LogP contribution in [-0.4, -0.2) is 35.0 Å². The van der Waals surface area contributed by atoms with Crippen LogP contribution in [0.4, 0.5) is 0 Å². The molecule has 1 aliphatic rings. The lowest BCUT2D eigenvalue weighted by atomic mass is 9.95. The average Bonchev–Trinajstić information content (AvgIpc) is 2.67. The molecule has 152 valence electrons. The van der Waals surface area contributed by atoms with Gasteiger partial charge >= 0.3 is 0 Å². The Morgan fingerprint density at radius 1 is 1.11 bits per heavy atom. The van der Waals surface area contributed by atoms with Crippen molar-refractivity contribution < 1.29 is 9.53 Å². The molecule has 0 unspecified atom stereocenters. The van der Waals surface area contributed by atoms with Crippen molar-refractivity contribution in [1.82, 2.24) is 9.88 Å². The van der Waals surface area contributed by atoms with Crippen LogP contribution >= 0.6 is 0 Å². The standard InChI is InChI=1S/C23H32N2O3/c1-2-25(19-9-6-4-3-5-7-10-19)23(27)11-8-16-28-20-13-14-21-18(17-20)12-15-22(26)24-21/h12-15,17,19H,2-11,16H2,1H3,(H,24,26). The third kappa shape index (κ3) is 5.60. The van der Waals surface area contributed by atoms with Gasteiger partial charge in [-0.2, -0.15) is 0 Å². The molecule has 5 heteroatoms. The first kappa shape index (κ1) is 20.4. The Balaban J connectivity index is 1.47. The number of nitrogens with one attached hydrogen (secondary N) is 1. The van der Waals surface area contributed by atoms with Crippen LogP contribution in [0.25, 0.3) is 10.9 Å². The van der Waals surface area contributed by atoms with E-state index in [4.69, 9.17) is 4.74 Å². The first-order valence-corrected chi connectivity index (χ1v) is 10.7. The number of ether oxygens (including phenoxy) is 1. The molecule has 0 saturated heterocycles. The van der Waals surface area contributed by atoms with E-state index in [2.05, 4.69) is 16.8 Å². The molecule has 1 aromatic heterocycles. The summed E-state index contributed by atoms with van der Waals surface area (Å²) in [5.74, 6) is 1.02. The molecule has 28 heavy (non-hydrogen) atoms. The minimum atomic E-state index is -0.107. The molecule has 1 heterocycles. The number of carbonyl (C=O) groups is 1. The zero-order valence-electron chi connectivity index (χ0n) is 16.9. The quantitative estimate of drug-likeness (QED) is 0.707. The van der Waals surface area contributed by atoms with E-state index in [0.29, 0.717) is 25.5 Å². The summed E-state index contributed by atoms with van der Waals surface area (Å²) >= 11 is 0. The van der Waals surface area contributed by atoms with Crippen LogP contribution in [0.3, 0.4) is 0 Å². The van der Waals surface area contributed by atoms with Crippen molar-refractivity contribution in [3.63, 3.8) is 0 Å². The molecule has 0 bridgehead atoms. The lowest BCUT2D eigenvalue weighted by molar-refractivity contribution is -0.134. The Kier molecular flexibility index (Phi) is 7.52. The van der Waals surface area contributed by atoms with Crippen LogP contribution in [0.5, 0.6) is 5.75 Å². The first-order valence-electron chi connectivity index (χ1n) is 10.7. The molecule has 0 atom stereocenters. The zero-order chi connectivity index (χ0) is 19.8. The molecule has 0 spiro atoms. The third-order valence-electron chi connectivity index (χ3n) is 5.68. The highest BCUT2D eigenvalue weighted by Crippen LogP contribution is 2.22. The van der Waals surface area contributed by atoms with Gasteiger partial charge in [-0.1, -0.05) is 32.1 Å². The van der Waals surface area contributed by atoms with Crippen LogP contribution in [0, 0.1) is 0 Å². The number of aromatic nitrogens is 1. The molecule has 1 N–H and O–H groups in total. The number of aromatic amines is 1. The predicted molar refractivity (Wildman–Crippen MR) is 113 cm³/mol. The minimum absolute atomic E-state index is 0.107. The van der Waals surface area contributed by atoms with Gasteiger partial charge in [0, 0.05) is 36.0 Å². The molecule has 1 fully saturated rings. The minimum Gasteiger partial charge on any atom is -0.494 e. The van der Waals surface area contributed by atoms with Gasteiger partial charge < -0.3 is 14.6 Å². The molecule has 3 rings (SSSR count). The van der Waals surface area contributed by atoms with Gasteiger partial charge in [-0.15, -0.1) is 0 Å². The van der Waals surface area contributed by atoms with E-state index in [0.717, 1.165) is 36.0 Å². The summed E-state index contributed by atoms with van der Waals surface area (Å²) in [6, 6.07) is 9.34. The molecule has 5 nitrogen and oxygen atoms in total. The van der Waals surface area contributed by atoms with Crippen molar-refractivity contribution >= 4 is 16.8 Å². The SMILES string of the molecule is CCN(C(=O)CCCOc1ccc2[nH]c(=O)ccc2c1)C1CCCCCCC1. The summed E-state index contributed by atoms with van der Waals surface area (Å²) in [4.78, 5) is 29.0. The number of benzene rings is 1. The number of amides is 1. The molecule has 1 saturated carbocycles. The smallest absolute Gasteiger partial charge is 0.248 e. The van der Waals surface area contributed by atoms with Crippen molar-refractivity contribution in [3.8, 4) is 5.75 Å². The van der Waals surface area contributed by atoms with Crippen molar-refractivity contribution in [2.45, 2.75) is 70.8 Å². The lowest BCUT2D eigenvalue weighted by Gasteiger charge is -2.32. The van der Waals surface area contributed by atoms with Gasteiger partial charge in [0.2, 0.25) is 11.5 Å². The van der Waals surface area contributed by atoms with Crippen molar-refractivity contribution in [3.05, 3.63) is 40.7 Å². The Hall–Kier alpha value is -2.30. The summed E-state index contributed by atoms with van der Waals surface area (Å²) in [6.07, 6.45) is 9.97. The Labute approximate surface area is 167 Å². The third-order valence-corrected chi connectivity index (χ3v) is 5.68. The maximum atomic E-state index is 12.7. The van der Waals surface area contributed by atoms with E-state index >= 15 is 0 Å². The molecule has 1 aromatic carbocycles. The van der Waals surface area contributed by atoms with Gasteiger partial charge in [0.25, 0.3) is 0 Å². The normalized spacial score (nSPS) is 15.8. The maximum Gasteiger partial charge on any atom is 0.248 e. The lowest BCUT2D eigenvalue weighted by Crippen LogP contribution is -2.40. The number of rotatable bonds is 7. The Morgan fingerprint density at radius 2 is 1.86 bits per heavy atom. The van der Waals surface area contributed by atoms with Crippen LogP contribution in [0.1, 0.15) is 64.7 Å². The highest BCUT2D eigenvalue weighted by atomic mass is 16.5. The van der Waals surface area contributed by atoms with E-state index < -0.39 is 0 Å². The van der Waals surface area contributed by atoms with Crippen LogP contribution in [-0.2, 0) is 4.79 Å². The summed E-state index contributed by atoms with van der Waals surface area (Å²) in [5, 5.41) is 0.939. The molecule has 1 aliphatic carbocycles. The van der Waals surface area contributed by atoms with E-state index in [1.807, 2.05) is 18.2 Å². The van der Waals surface area contributed by atoms with E-state index in [1.54, 1.807) is 6.07 Å². The number of pyridine rings is 1. The van der Waals surface area contributed by atoms with Gasteiger partial charge in [-0.3, -0.25) is 9.59 Å². The fraction of sp³-hybridized carbons (Fsp3) is 0.565. The summed E-state index contributed by atoms with van der Waals surface area (Å²) in [7, 11) is 0. The Bertz CT molecular complexity index is 822. The van der Waals surface area contributed by atoms with Gasteiger partial charge in [-0.25, -0.2) is 0 Å². The van der Waals surface area contributed by atoms with Crippen molar-refractivity contribution in [2.24, 2.45) is 0 Å². The second kappa shape index (κ2) is 10.3. The van der Waals surface area contributed by atoms with E-state index in [1.165, 1.54) is 38.2 Å². The average molecular weight is 385 g/mol. The predicted octanol–water partition coefficient (Wildman–Crippen LogP) is 4.65. The number of hydrogen-bond acceptors (Lipinski definition) is 3. The monoisotopic (exact) mass is 384 g/mol. The van der Waals surface area contributed by atoms with Gasteiger partial charge in [0.15, 0.2) is 0 Å². The second-order valence-corrected chi connectivity index (χ2v) is 7.70. The van der Waals surface area contributed by atoms with Crippen molar-refractivity contribution in [2.75, 3.05) is 13.2 Å². The molecule has 0 aliphatic heterocycles. The molecular formula is C23H32N2O3. The second-order valence-electron chi connectivity index (χ2n) is 7.70. The van der Waals surface area contributed by atoms with E-state index in [9.17, 15) is 9.59 Å². The fourth-order valence-electron chi connectivity index (χ4n) is 4.16. The van der Waals surface area contributed by atoms with Gasteiger partial charge in [0.05, 0.1) is 6.61 Å². The largest absolute Gasteiger partial charge is 0.494 e. The van der Waals surface area contributed by atoms with Crippen molar-refractivity contribution in [1.29, 1.82) is 0 Å². The first-order chi connectivity index (χ1) is 13.7. The topological polar surface area (TPSA) is 62.4 Å². The fourth-order valence-corrected chi connectivity index (χ4v) is 4.16. The molecule has 0 radical (unpaired) electrons. The summed E-state index contributed by atoms with van der Waals surface area (Å²) < 4.78 is 5.83. The molecule has 2 aromatic rings. The number of fused-ring (bicyclic) bond motifs is 1. The number of hydrogen-bond donors (Lipinski definition) is 1. The number of carbonyl (C=O) groups excluding carboxylic acids is 1. The van der Waals surface area contributed by atoms with Crippen LogP contribution < -0.4 is 10.3 Å². The summed E-state index contributed by atoms with van der Waals surface area (Å²) in [5.41, 5.74) is 0.692. The number of nitrogens with zero attached hydrogens (tertiary/aromatic N) is 1. The highest BCUT2D eigenvalue weighted by molar-refractivity contribution is 5.79. The molecular weight excluding hydrogens is 352 g/mol.